The highest BCUT2D eigenvalue weighted by Gasteiger charge is 2.26. The zero-order valence-electron chi connectivity index (χ0n) is 9.97. The van der Waals surface area contributed by atoms with Crippen molar-refractivity contribution in [1.29, 1.82) is 0 Å². The molecule has 1 fully saturated rings. The van der Waals surface area contributed by atoms with Gasteiger partial charge in [-0.25, -0.2) is 4.98 Å². The van der Waals surface area contributed by atoms with E-state index in [2.05, 4.69) is 4.98 Å². The molecule has 1 N–H and O–H groups in total. The monoisotopic (exact) mass is 302 g/mol. The Morgan fingerprint density at radius 2 is 2.00 bits per heavy atom. The van der Waals surface area contributed by atoms with Gasteiger partial charge < -0.3 is 10.0 Å². The lowest BCUT2D eigenvalue weighted by molar-refractivity contribution is -0.142. The molecule has 0 aromatic carbocycles. The first-order chi connectivity index (χ1) is 8.99. The Morgan fingerprint density at radius 1 is 1.37 bits per heavy atom. The predicted octanol–water partition coefficient (Wildman–Crippen LogP) is 2.42. The van der Waals surface area contributed by atoms with Gasteiger partial charge in [0.1, 0.15) is 5.82 Å². The fraction of sp³-hybridized carbons (Fsp3) is 0.417. The van der Waals surface area contributed by atoms with E-state index >= 15 is 0 Å². The first-order valence-electron chi connectivity index (χ1n) is 5.82. The second kappa shape index (κ2) is 5.75. The zero-order chi connectivity index (χ0) is 14.0. The molecule has 1 aromatic rings. The fourth-order valence-corrected chi connectivity index (χ4v) is 2.50. The van der Waals surface area contributed by atoms with Crippen LogP contribution < -0.4 is 4.90 Å². The van der Waals surface area contributed by atoms with Gasteiger partial charge in [-0.1, -0.05) is 11.6 Å². The van der Waals surface area contributed by atoms with Gasteiger partial charge in [0, 0.05) is 19.3 Å². The molecule has 102 valence electrons. The van der Waals surface area contributed by atoms with Gasteiger partial charge in [-0.3, -0.25) is 9.59 Å². The van der Waals surface area contributed by atoms with Crippen molar-refractivity contribution >= 4 is 40.2 Å². The number of carbonyl (C=O) groups excluding carboxylic acids is 1. The van der Waals surface area contributed by atoms with Crippen LogP contribution in [0.1, 0.15) is 23.2 Å². The van der Waals surface area contributed by atoms with Gasteiger partial charge in [-0.15, -0.1) is 0 Å². The van der Waals surface area contributed by atoms with E-state index in [0.29, 0.717) is 36.8 Å². The normalized spacial score (nSPS) is 16.4. The van der Waals surface area contributed by atoms with E-state index in [4.69, 9.17) is 28.3 Å². The molecule has 2 heterocycles. The number of anilines is 1. The first kappa shape index (κ1) is 14.1. The van der Waals surface area contributed by atoms with Crippen LogP contribution in [0.4, 0.5) is 5.82 Å². The van der Waals surface area contributed by atoms with Crippen molar-refractivity contribution in [2.24, 2.45) is 5.92 Å². The highest BCUT2D eigenvalue weighted by molar-refractivity contribution is 6.67. The van der Waals surface area contributed by atoms with E-state index in [1.807, 2.05) is 4.90 Å². The summed E-state index contributed by atoms with van der Waals surface area (Å²) in [5, 5.41) is 8.68. The molecule has 1 aromatic heterocycles. The van der Waals surface area contributed by atoms with Crippen LogP contribution in [0.3, 0.4) is 0 Å². The van der Waals surface area contributed by atoms with E-state index in [1.54, 1.807) is 0 Å². The summed E-state index contributed by atoms with van der Waals surface area (Å²) in [5.74, 6) is -0.507. The molecule has 7 heteroatoms. The summed E-state index contributed by atoms with van der Waals surface area (Å²) < 4.78 is 0. The minimum Gasteiger partial charge on any atom is -0.481 e. The summed E-state index contributed by atoms with van der Waals surface area (Å²) in [6.45, 7) is 1.16. The number of halogens is 2. The van der Waals surface area contributed by atoms with Gasteiger partial charge in [0.05, 0.1) is 16.5 Å². The molecule has 19 heavy (non-hydrogen) atoms. The Labute approximate surface area is 120 Å². The van der Waals surface area contributed by atoms with Crippen LogP contribution >= 0.6 is 23.2 Å². The number of hydrogen-bond acceptors (Lipinski definition) is 4. The van der Waals surface area contributed by atoms with Crippen molar-refractivity contribution in [3.8, 4) is 0 Å². The van der Waals surface area contributed by atoms with E-state index in [1.165, 1.54) is 12.3 Å². The van der Waals surface area contributed by atoms with Crippen molar-refractivity contribution in [2.45, 2.75) is 12.8 Å². The lowest BCUT2D eigenvalue weighted by Crippen LogP contribution is -2.36. The SMILES string of the molecule is O=C(Cl)c1cnc(N2CCC(C(=O)O)CC2)c(Cl)c1. The molecular formula is C12H12Cl2N2O3. The maximum Gasteiger partial charge on any atom is 0.306 e. The second-order valence-corrected chi connectivity index (χ2v) is 5.15. The molecule has 0 unspecified atom stereocenters. The van der Waals surface area contributed by atoms with Crippen LogP contribution in [0.5, 0.6) is 0 Å². The number of rotatable bonds is 3. The predicted molar refractivity (Wildman–Crippen MR) is 72.0 cm³/mol. The topological polar surface area (TPSA) is 70.5 Å². The third-order valence-electron chi connectivity index (χ3n) is 3.19. The minimum atomic E-state index is -0.762. The Hall–Kier alpha value is -1.33. The Kier molecular flexibility index (Phi) is 4.27. The quantitative estimate of drug-likeness (QED) is 0.868. The molecule has 1 aliphatic heterocycles. The third kappa shape index (κ3) is 3.16. The number of aromatic nitrogens is 1. The summed E-state index contributed by atoms with van der Waals surface area (Å²) in [5.41, 5.74) is 0.246. The second-order valence-electron chi connectivity index (χ2n) is 4.40. The van der Waals surface area contributed by atoms with Gasteiger partial charge in [0.25, 0.3) is 5.24 Å². The number of pyridine rings is 1. The van der Waals surface area contributed by atoms with Gasteiger partial charge >= 0.3 is 5.97 Å². The van der Waals surface area contributed by atoms with Crippen LogP contribution in [0.15, 0.2) is 12.3 Å². The molecule has 1 aliphatic rings. The molecule has 0 atom stereocenters. The van der Waals surface area contributed by atoms with Crippen molar-refractivity contribution < 1.29 is 14.7 Å². The molecule has 0 amide bonds. The molecule has 1 saturated heterocycles. The number of piperidine rings is 1. The van der Waals surface area contributed by atoms with Gasteiger partial charge in [-0.05, 0) is 30.5 Å². The maximum absolute atomic E-state index is 11.0. The van der Waals surface area contributed by atoms with Crippen LogP contribution in [0, 0.1) is 5.92 Å². The molecule has 0 saturated carbocycles. The standard InChI is InChI=1S/C12H12Cl2N2O3/c13-9-5-8(10(14)17)6-15-11(9)16-3-1-7(2-4-16)12(18)19/h5-7H,1-4H2,(H,18,19). The smallest absolute Gasteiger partial charge is 0.306 e. The largest absolute Gasteiger partial charge is 0.481 e. The Morgan fingerprint density at radius 3 is 2.47 bits per heavy atom. The summed E-state index contributed by atoms with van der Waals surface area (Å²) in [4.78, 5) is 27.9. The average molecular weight is 303 g/mol. The number of hydrogen-bond donors (Lipinski definition) is 1. The molecule has 0 aliphatic carbocycles. The summed E-state index contributed by atoms with van der Waals surface area (Å²) >= 11 is 11.4. The number of nitrogens with zero attached hydrogens (tertiary/aromatic N) is 2. The first-order valence-corrected chi connectivity index (χ1v) is 6.57. The van der Waals surface area contributed by atoms with Gasteiger partial charge in [0.15, 0.2) is 0 Å². The molecule has 5 nitrogen and oxygen atoms in total. The molecular weight excluding hydrogens is 291 g/mol. The van der Waals surface area contributed by atoms with Gasteiger partial charge in [0.2, 0.25) is 0 Å². The highest BCUT2D eigenvalue weighted by Crippen LogP contribution is 2.28. The maximum atomic E-state index is 11.0. The molecule has 2 rings (SSSR count). The zero-order valence-corrected chi connectivity index (χ0v) is 11.5. The summed E-state index contributed by atoms with van der Waals surface area (Å²) in [6, 6.07) is 1.47. The van der Waals surface area contributed by atoms with Crippen molar-refractivity contribution in [3.05, 3.63) is 22.8 Å². The number of aliphatic carboxylic acids is 1. The Balaban J connectivity index is 2.11. The van der Waals surface area contributed by atoms with E-state index < -0.39 is 11.2 Å². The minimum absolute atomic E-state index is 0.246. The highest BCUT2D eigenvalue weighted by atomic mass is 35.5. The lowest BCUT2D eigenvalue weighted by Gasteiger charge is -2.31. The number of carboxylic acids is 1. The van der Waals surface area contributed by atoms with Crippen molar-refractivity contribution in [3.63, 3.8) is 0 Å². The van der Waals surface area contributed by atoms with Crippen LogP contribution in [-0.4, -0.2) is 34.4 Å². The third-order valence-corrected chi connectivity index (χ3v) is 3.69. The average Bonchev–Trinajstić information content (AvgIpc) is 2.38. The number of carboxylic acid groups (broad SMARTS) is 1. The van der Waals surface area contributed by atoms with Crippen LogP contribution in [0.2, 0.25) is 5.02 Å². The van der Waals surface area contributed by atoms with E-state index in [-0.39, 0.29) is 11.5 Å². The lowest BCUT2D eigenvalue weighted by atomic mass is 9.97. The Bertz CT molecular complexity index is 514. The van der Waals surface area contributed by atoms with Crippen LogP contribution in [0.25, 0.3) is 0 Å². The van der Waals surface area contributed by atoms with Crippen LogP contribution in [-0.2, 0) is 4.79 Å². The molecule has 0 bridgehead atoms. The molecule has 0 spiro atoms. The van der Waals surface area contributed by atoms with Gasteiger partial charge in [-0.2, -0.15) is 0 Å². The van der Waals surface area contributed by atoms with E-state index in [9.17, 15) is 9.59 Å². The van der Waals surface area contributed by atoms with Crippen molar-refractivity contribution in [1.82, 2.24) is 4.98 Å². The van der Waals surface area contributed by atoms with Crippen molar-refractivity contribution in [2.75, 3.05) is 18.0 Å². The summed E-state index contributed by atoms with van der Waals surface area (Å²) in [6.07, 6.45) is 2.49. The fourth-order valence-electron chi connectivity index (χ4n) is 2.11. The molecule has 0 radical (unpaired) electrons. The number of carbonyl (C=O) groups is 2. The van der Waals surface area contributed by atoms with E-state index in [0.717, 1.165) is 0 Å². The summed E-state index contributed by atoms with van der Waals surface area (Å²) in [7, 11) is 0.